The summed E-state index contributed by atoms with van der Waals surface area (Å²) in [4.78, 5) is 10.3. The van der Waals surface area contributed by atoms with E-state index in [0.29, 0.717) is 17.7 Å². The third kappa shape index (κ3) is 3.58. The van der Waals surface area contributed by atoms with Gasteiger partial charge in [0.15, 0.2) is 0 Å². The van der Waals surface area contributed by atoms with Gasteiger partial charge < -0.3 is 5.32 Å². The fourth-order valence-corrected chi connectivity index (χ4v) is 4.04. The van der Waals surface area contributed by atoms with Gasteiger partial charge in [-0.1, -0.05) is 0 Å². The number of aryl methyl sites for hydroxylation is 1. The Bertz CT molecular complexity index is 652. The molecule has 1 fully saturated rings. The van der Waals surface area contributed by atoms with E-state index in [-0.39, 0.29) is 16.6 Å². The van der Waals surface area contributed by atoms with Gasteiger partial charge in [0, 0.05) is 24.7 Å². The molecule has 7 nitrogen and oxygen atoms in total. The monoisotopic (exact) mass is 313 g/mol. The van der Waals surface area contributed by atoms with Crippen molar-refractivity contribution in [1.82, 2.24) is 10.0 Å². The number of nitro groups is 1. The predicted molar refractivity (Wildman–Crippen MR) is 78.8 cm³/mol. The van der Waals surface area contributed by atoms with Gasteiger partial charge in [-0.3, -0.25) is 10.1 Å². The van der Waals surface area contributed by atoms with Gasteiger partial charge in [-0.15, -0.1) is 0 Å². The van der Waals surface area contributed by atoms with Crippen LogP contribution in [0.25, 0.3) is 0 Å². The summed E-state index contributed by atoms with van der Waals surface area (Å²) >= 11 is 0. The predicted octanol–water partition coefficient (Wildman–Crippen LogP) is 1.24. The first-order valence-electron chi connectivity index (χ1n) is 6.80. The van der Waals surface area contributed by atoms with Crippen molar-refractivity contribution in [3.8, 4) is 0 Å². The Kier molecular flexibility index (Phi) is 4.60. The van der Waals surface area contributed by atoms with Crippen molar-refractivity contribution in [2.75, 3.05) is 13.1 Å². The number of hydrogen-bond donors (Lipinski definition) is 2. The minimum atomic E-state index is -3.76. The summed E-state index contributed by atoms with van der Waals surface area (Å²) in [6.07, 6.45) is 1.67. The second-order valence-corrected chi connectivity index (χ2v) is 6.99. The van der Waals surface area contributed by atoms with Crippen LogP contribution in [0.3, 0.4) is 0 Å². The Morgan fingerprint density at radius 2 is 2.10 bits per heavy atom. The van der Waals surface area contributed by atoms with E-state index in [1.54, 1.807) is 13.8 Å². The van der Waals surface area contributed by atoms with E-state index in [9.17, 15) is 18.5 Å². The van der Waals surface area contributed by atoms with Crippen LogP contribution >= 0.6 is 0 Å². The van der Waals surface area contributed by atoms with Crippen LogP contribution in [-0.2, 0) is 10.0 Å². The number of non-ortho nitro benzene ring substituents is 1. The number of hydrogen-bond acceptors (Lipinski definition) is 5. The van der Waals surface area contributed by atoms with Crippen molar-refractivity contribution in [3.63, 3.8) is 0 Å². The molecule has 1 atom stereocenters. The van der Waals surface area contributed by atoms with Crippen molar-refractivity contribution in [2.45, 2.75) is 37.6 Å². The summed E-state index contributed by atoms with van der Waals surface area (Å²) in [5, 5.41) is 14.0. The lowest BCUT2D eigenvalue weighted by atomic mass is 10.1. The van der Waals surface area contributed by atoms with Crippen molar-refractivity contribution in [3.05, 3.63) is 33.4 Å². The molecule has 1 aliphatic rings. The highest BCUT2D eigenvalue weighted by atomic mass is 32.2. The SMILES string of the molecule is Cc1cc([N+](=O)[O-])cc(S(=O)(=O)N[C@H]2CCCNC2)c1C. The standard InChI is InChI=1S/C13H19N3O4S/c1-9-6-12(16(17)18)7-13(10(9)2)21(19,20)15-11-4-3-5-14-8-11/h6-7,11,14-15H,3-5,8H2,1-2H3/t11-/m0/s1. The third-order valence-corrected chi connectivity index (χ3v) is 5.37. The van der Waals surface area contributed by atoms with E-state index >= 15 is 0 Å². The molecule has 2 rings (SSSR count). The maximum atomic E-state index is 12.5. The number of sulfonamides is 1. The van der Waals surface area contributed by atoms with Crippen LogP contribution in [0.15, 0.2) is 17.0 Å². The van der Waals surface area contributed by atoms with Crippen molar-refractivity contribution < 1.29 is 13.3 Å². The molecule has 0 aromatic heterocycles. The topological polar surface area (TPSA) is 101 Å². The molecule has 0 bridgehead atoms. The summed E-state index contributed by atoms with van der Waals surface area (Å²) in [5.74, 6) is 0. The number of benzene rings is 1. The zero-order valence-corrected chi connectivity index (χ0v) is 12.9. The molecule has 0 unspecified atom stereocenters. The van der Waals surface area contributed by atoms with Gasteiger partial charge in [-0.25, -0.2) is 13.1 Å². The largest absolute Gasteiger partial charge is 0.315 e. The molecular weight excluding hydrogens is 294 g/mol. The zero-order valence-electron chi connectivity index (χ0n) is 12.0. The normalized spacial score (nSPS) is 19.4. The van der Waals surface area contributed by atoms with Gasteiger partial charge >= 0.3 is 0 Å². The van der Waals surface area contributed by atoms with Crippen LogP contribution in [0.4, 0.5) is 5.69 Å². The number of nitro benzene ring substituents is 1. The zero-order chi connectivity index (χ0) is 15.6. The van der Waals surface area contributed by atoms with Gasteiger partial charge in [-0.2, -0.15) is 0 Å². The molecule has 1 aliphatic heterocycles. The summed E-state index contributed by atoms with van der Waals surface area (Å²) in [7, 11) is -3.76. The molecule has 116 valence electrons. The van der Waals surface area contributed by atoms with Crippen LogP contribution in [0, 0.1) is 24.0 Å². The molecule has 0 aliphatic carbocycles. The molecule has 0 amide bonds. The highest BCUT2D eigenvalue weighted by Gasteiger charge is 2.26. The van der Waals surface area contributed by atoms with E-state index in [1.165, 1.54) is 6.07 Å². The van der Waals surface area contributed by atoms with Crippen LogP contribution in [0.5, 0.6) is 0 Å². The number of nitrogens with one attached hydrogen (secondary N) is 2. The minimum absolute atomic E-state index is 0.0141. The maximum Gasteiger partial charge on any atom is 0.271 e. The summed E-state index contributed by atoms with van der Waals surface area (Å²) in [6.45, 7) is 4.79. The first-order valence-corrected chi connectivity index (χ1v) is 8.28. The fourth-order valence-electron chi connectivity index (χ4n) is 2.43. The second-order valence-electron chi connectivity index (χ2n) is 5.31. The van der Waals surface area contributed by atoms with E-state index < -0.39 is 14.9 Å². The average Bonchev–Trinajstić information content (AvgIpc) is 2.41. The summed E-state index contributed by atoms with van der Waals surface area (Å²) in [6, 6.07) is 2.33. The van der Waals surface area contributed by atoms with Crippen molar-refractivity contribution >= 4 is 15.7 Å². The first-order chi connectivity index (χ1) is 9.81. The van der Waals surface area contributed by atoms with Gasteiger partial charge in [0.1, 0.15) is 0 Å². The minimum Gasteiger partial charge on any atom is -0.315 e. The summed E-state index contributed by atoms with van der Waals surface area (Å²) < 4.78 is 27.6. The van der Waals surface area contributed by atoms with Crippen molar-refractivity contribution in [2.24, 2.45) is 0 Å². The Balaban J connectivity index is 2.36. The quantitative estimate of drug-likeness (QED) is 0.643. The van der Waals surface area contributed by atoms with Gasteiger partial charge in [-0.05, 0) is 44.4 Å². The van der Waals surface area contributed by atoms with E-state index in [0.717, 1.165) is 25.5 Å². The van der Waals surface area contributed by atoms with Gasteiger partial charge in [0.2, 0.25) is 10.0 Å². The molecule has 8 heteroatoms. The van der Waals surface area contributed by atoms with Gasteiger partial charge in [0.05, 0.1) is 9.82 Å². The van der Waals surface area contributed by atoms with E-state index in [4.69, 9.17) is 0 Å². The Morgan fingerprint density at radius 1 is 1.38 bits per heavy atom. The molecule has 2 N–H and O–H groups in total. The Hall–Kier alpha value is -1.51. The number of nitrogens with zero attached hydrogens (tertiary/aromatic N) is 1. The van der Waals surface area contributed by atoms with Crippen LogP contribution in [-0.4, -0.2) is 32.5 Å². The molecule has 0 radical (unpaired) electrons. The van der Waals surface area contributed by atoms with Crippen LogP contribution < -0.4 is 10.0 Å². The molecule has 0 spiro atoms. The molecule has 1 aromatic carbocycles. The summed E-state index contributed by atoms with van der Waals surface area (Å²) in [5.41, 5.74) is 0.920. The van der Waals surface area contributed by atoms with E-state index in [1.807, 2.05) is 0 Å². The number of piperidine rings is 1. The van der Waals surface area contributed by atoms with Crippen molar-refractivity contribution in [1.29, 1.82) is 0 Å². The molecule has 0 saturated carbocycles. The molecule has 1 saturated heterocycles. The van der Waals surface area contributed by atoms with Crippen LogP contribution in [0.2, 0.25) is 0 Å². The average molecular weight is 313 g/mol. The third-order valence-electron chi connectivity index (χ3n) is 3.72. The molecule has 21 heavy (non-hydrogen) atoms. The maximum absolute atomic E-state index is 12.5. The number of rotatable bonds is 4. The Morgan fingerprint density at radius 3 is 2.67 bits per heavy atom. The molecular formula is C13H19N3O4S. The second kappa shape index (κ2) is 6.08. The Labute approximate surface area is 123 Å². The van der Waals surface area contributed by atoms with Crippen LogP contribution in [0.1, 0.15) is 24.0 Å². The van der Waals surface area contributed by atoms with E-state index in [2.05, 4.69) is 10.0 Å². The fraction of sp³-hybridized carbons (Fsp3) is 0.538. The lowest BCUT2D eigenvalue weighted by molar-refractivity contribution is -0.385. The highest BCUT2D eigenvalue weighted by Crippen LogP contribution is 2.25. The molecule has 1 heterocycles. The lowest BCUT2D eigenvalue weighted by Crippen LogP contribution is -2.45. The van der Waals surface area contributed by atoms with Gasteiger partial charge in [0.25, 0.3) is 5.69 Å². The first kappa shape index (κ1) is 15.9. The smallest absolute Gasteiger partial charge is 0.271 e. The lowest BCUT2D eigenvalue weighted by Gasteiger charge is -2.24. The highest BCUT2D eigenvalue weighted by molar-refractivity contribution is 7.89. The molecule has 1 aromatic rings.